The van der Waals surface area contributed by atoms with Gasteiger partial charge in [-0.2, -0.15) is 13.2 Å². The quantitative estimate of drug-likeness (QED) is 0.271. The standard InChI is InChI=1S/C32H35F3N2O2/c1-21(2)16-30(31(38)36-39)26-17-25(23-11-13-27(14-12-23)32(33,34)35)19-29(20-26)37-15-7-6-10-28(37)18-24-9-5-4-8-22(24)3/h4-5,8-9,11-14,17,19-21,28,30H,6-7,10,15-16,18H2,1-3H3. The average molecular weight is 537 g/mol. The van der Waals surface area contributed by atoms with Gasteiger partial charge in [-0.15, -0.1) is 4.91 Å². The highest BCUT2D eigenvalue weighted by Crippen LogP contribution is 2.37. The first kappa shape index (κ1) is 28.5. The molecule has 0 aromatic heterocycles. The lowest BCUT2D eigenvalue weighted by Crippen LogP contribution is -2.41. The molecule has 206 valence electrons. The molecule has 4 rings (SSSR count). The van der Waals surface area contributed by atoms with Crippen LogP contribution in [-0.4, -0.2) is 18.5 Å². The van der Waals surface area contributed by atoms with Gasteiger partial charge in [-0.05, 0) is 97.0 Å². The van der Waals surface area contributed by atoms with Crippen molar-refractivity contribution in [3.63, 3.8) is 0 Å². The third-order valence-corrected chi connectivity index (χ3v) is 7.66. The van der Waals surface area contributed by atoms with E-state index in [1.54, 1.807) is 0 Å². The van der Waals surface area contributed by atoms with Crippen LogP contribution in [0.15, 0.2) is 71.9 Å². The lowest BCUT2D eigenvalue weighted by molar-refractivity contribution is -0.137. The molecule has 1 fully saturated rings. The number of piperidine rings is 1. The molecule has 2 unspecified atom stereocenters. The Morgan fingerprint density at radius 2 is 1.72 bits per heavy atom. The minimum absolute atomic E-state index is 0.141. The molecule has 1 aliphatic rings. The molecule has 0 radical (unpaired) electrons. The van der Waals surface area contributed by atoms with Crippen molar-refractivity contribution in [1.29, 1.82) is 0 Å². The number of rotatable bonds is 8. The number of carbonyl (C=O) groups is 1. The molecule has 3 aromatic rings. The number of halogens is 3. The summed E-state index contributed by atoms with van der Waals surface area (Å²) in [5, 5.41) is 2.75. The Labute approximate surface area is 228 Å². The topological polar surface area (TPSA) is 49.7 Å². The maximum Gasteiger partial charge on any atom is 0.416 e. The molecule has 4 nitrogen and oxygen atoms in total. The van der Waals surface area contributed by atoms with Crippen molar-refractivity contribution >= 4 is 11.6 Å². The summed E-state index contributed by atoms with van der Waals surface area (Å²) in [5.41, 5.74) is 4.72. The monoisotopic (exact) mass is 536 g/mol. The Morgan fingerprint density at radius 3 is 2.36 bits per heavy atom. The van der Waals surface area contributed by atoms with Crippen molar-refractivity contribution in [2.75, 3.05) is 11.4 Å². The number of alkyl halides is 3. The summed E-state index contributed by atoms with van der Waals surface area (Å²) in [4.78, 5) is 26.4. The van der Waals surface area contributed by atoms with Crippen LogP contribution in [0.5, 0.6) is 0 Å². The highest BCUT2D eigenvalue weighted by molar-refractivity contribution is 5.85. The third kappa shape index (κ3) is 6.94. The number of anilines is 1. The van der Waals surface area contributed by atoms with Gasteiger partial charge in [0.2, 0.25) is 0 Å². The van der Waals surface area contributed by atoms with E-state index in [4.69, 9.17) is 0 Å². The van der Waals surface area contributed by atoms with Gasteiger partial charge in [0.1, 0.15) is 0 Å². The number of nitroso groups, excluding NO2 is 1. The number of carbonyl (C=O) groups excluding carboxylic acids is 1. The fourth-order valence-corrected chi connectivity index (χ4v) is 5.58. The minimum Gasteiger partial charge on any atom is -0.368 e. The van der Waals surface area contributed by atoms with E-state index < -0.39 is 23.6 Å². The van der Waals surface area contributed by atoms with Gasteiger partial charge in [0.05, 0.1) is 11.5 Å². The number of benzene rings is 3. The van der Waals surface area contributed by atoms with Gasteiger partial charge in [-0.3, -0.25) is 4.79 Å². The van der Waals surface area contributed by atoms with Crippen LogP contribution < -0.4 is 4.90 Å². The molecule has 3 aromatic carbocycles. The van der Waals surface area contributed by atoms with Crippen LogP contribution in [0.25, 0.3) is 11.1 Å². The number of hydrogen-bond acceptors (Lipinski definition) is 3. The predicted molar refractivity (Wildman–Crippen MR) is 150 cm³/mol. The van der Waals surface area contributed by atoms with Crippen LogP contribution >= 0.6 is 0 Å². The highest BCUT2D eigenvalue weighted by atomic mass is 19.4. The second kappa shape index (κ2) is 12.1. The SMILES string of the molecule is Cc1ccccc1CC1CCCCN1c1cc(-c2ccc(C(F)(F)F)cc2)cc(C(CC(C)C)C(=O)N=O)c1. The Morgan fingerprint density at radius 1 is 1.00 bits per heavy atom. The summed E-state index contributed by atoms with van der Waals surface area (Å²) < 4.78 is 39.6. The molecular formula is C32H35F3N2O2. The highest BCUT2D eigenvalue weighted by Gasteiger charge is 2.31. The number of aryl methyl sites for hydroxylation is 1. The van der Waals surface area contributed by atoms with Crippen LogP contribution in [0.4, 0.5) is 18.9 Å². The molecule has 1 aliphatic heterocycles. The summed E-state index contributed by atoms with van der Waals surface area (Å²) in [6.07, 6.45) is 0.0468. The van der Waals surface area contributed by atoms with Crippen molar-refractivity contribution in [2.45, 2.75) is 71.0 Å². The fraction of sp³-hybridized carbons (Fsp3) is 0.406. The normalized spacial score (nSPS) is 16.8. The number of nitrogens with zero attached hydrogens (tertiary/aromatic N) is 2. The molecule has 0 bridgehead atoms. The van der Waals surface area contributed by atoms with E-state index in [9.17, 15) is 22.9 Å². The number of amides is 1. The first-order valence-electron chi connectivity index (χ1n) is 13.6. The average Bonchev–Trinajstić information content (AvgIpc) is 2.92. The second-order valence-corrected chi connectivity index (χ2v) is 11.0. The molecule has 2 atom stereocenters. The predicted octanol–water partition coefficient (Wildman–Crippen LogP) is 8.71. The van der Waals surface area contributed by atoms with E-state index in [2.05, 4.69) is 29.1 Å². The lowest BCUT2D eigenvalue weighted by atomic mass is 9.86. The smallest absolute Gasteiger partial charge is 0.368 e. The Hall–Kier alpha value is -3.48. The molecule has 1 saturated heterocycles. The van der Waals surface area contributed by atoms with Crippen molar-refractivity contribution in [1.82, 2.24) is 0 Å². The Bertz CT molecular complexity index is 1300. The molecule has 39 heavy (non-hydrogen) atoms. The van der Waals surface area contributed by atoms with Crippen LogP contribution in [0, 0.1) is 17.7 Å². The molecule has 1 amide bonds. The third-order valence-electron chi connectivity index (χ3n) is 7.66. The molecule has 0 N–H and O–H groups in total. The van der Waals surface area contributed by atoms with E-state index in [0.29, 0.717) is 23.1 Å². The Kier molecular flexibility index (Phi) is 8.88. The maximum atomic E-state index is 13.2. The van der Waals surface area contributed by atoms with Gasteiger partial charge in [-0.25, -0.2) is 0 Å². The largest absolute Gasteiger partial charge is 0.416 e. The van der Waals surface area contributed by atoms with Crippen LogP contribution in [0.3, 0.4) is 0 Å². The van der Waals surface area contributed by atoms with Crippen molar-refractivity contribution in [2.24, 2.45) is 11.1 Å². The van der Waals surface area contributed by atoms with Crippen molar-refractivity contribution in [3.05, 3.63) is 93.9 Å². The maximum absolute atomic E-state index is 13.2. The zero-order valence-electron chi connectivity index (χ0n) is 22.7. The van der Waals surface area contributed by atoms with E-state index in [-0.39, 0.29) is 12.0 Å². The minimum atomic E-state index is -4.42. The summed E-state index contributed by atoms with van der Waals surface area (Å²) in [6, 6.07) is 19.4. The fourth-order valence-electron chi connectivity index (χ4n) is 5.58. The van der Waals surface area contributed by atoms with E-state index in [1.165, 1.54) is 23.3 Å². The van der Waals surface area contributed by atoms with Crippen molar-refractivity contribution in [3.8, 4) is 11.1 Å². The van der Waals surface area contributed by atoms with Gasteiger partial charge < -0.3 is 4.90 Å². The summed E-state index contributed by atoms with van der Waals surface area (Å²) in [7, 11) is 0. The van der Waals surface area contributed by atoms with E-state index in [0.717, 1.165) is 50.0 Å². The lowest BCUT2D eigenvalue weighted by Gasteiger charge is -2.39. The summed E-state index contributed by atoms with van der Waals surface area (Å²) >= 11 is 0. The van der Waals surface area contributed by atoms with Gasteiger partial charge in [0, 0.05) is 23.5 Å². The van der Waals surface area contributed by atoms with Gasteiger partial charge in [0.15, 0.2) is 0 Å². The Balaban J connectivity index is 1.80. The molecule has 0 saturated carbocycles. The summed E-state index contributed by atoms with van der Waals surface area (Å²) in [5.74, 6) is -1.30. The molecule has 1 heterocycles. The zero-order valence-corrected chi connectivity index (χ0v) is 22.7. The van der Waals surface area contributed by atoms with E-state index in [1.807, 2.05) is 44.2 Å². The molecule has 0 spiro atoms. The van der Waals surface area contributed by atoms with Crippen LogP contribution in [0.2, 0.25) is 0 Å². The zero-order chi connectivity index (χ0) is 28.2. The van der Waals surface area contributed by atoms with Crippen molar-refractivity contribution < 1.29 is 18.0 Å². The second-order valence-electron chi connectivity index (χ2n) is 11.0. The van der Waals surface area contributed by atoms with Crippen LogP contribution in [-0.2, 0) is 17.4 Å². The molecule has 0 aliphatic carbocycles. The first-order chi connectivity index (χ1) is 18.6. The van der Waals surface area contributed by atoms with Gasteiger partial charge in [-0.1, -0.05) is 56.3 Å². The van der Waals surface area contributed by atoms with Gasteiger partial charge in [0.25, 0.3) is 5.91 Å². The van der Waals surface area contributed by atoms with Crippen LogP contribution in [0.1, 0.15) is 67.7 Å². The van der Waals surface area contributed by atoms with Gasteiger partial charge >= 0.3 is 6.18 Å². The number of hydrogen-bond donors (Lipinski definition) is 0. The molecular weight excluding hydrogens is 501 g/mol. The first-order valence-corrected chi connectivity index (χ1v) is 13.6. The van der Waals surface area contributed by atoms with E-state index >= 15 is 0 Å². The summed E-state index contributed by atoms with van der Waals surface area (Å²) in [6.45, 7) is 6.91. The molecule has 7 heteroatoms.